The molecule has 1 aliphatic carbocycles. The van der Waals surface area contributed by atoms with Crippen molar-refractivity contribution in [1.29, 1.82) is 0 Å². The molecule has 1 saturated carbocycles. The molecule has 2 saturated heterocycles. The van der Waals surface area contributed by atoms with E-state index in [4.69, 9.17) is 0 Å². The molecule has 1 amide bonds. The fourth-order valence-corrected chi connectivity index (χ4v) is 6.01. The second kappa shape index (κ2) is 10.5. The first-order valence-corrected chi connectivity index (χ1v) is 12.0. The number of carboxylic acids is 1. The molecular weight excluding hydrogens is 534 g/mol. The number of aromatic nitrogens is 2. The van der Waals surface area contributed by atoms with Crippen molar-refractivity contribution in [3.8, 4) is 10.4 Å². The number of carbonyl (C=O) groups is 2. The molecule has 2 N–H and O–H groups in total. The van der Waals surface area contributed by atoms with Gasteiger partial charge in [-0.1, -0.05) is 0 Å². The molecule has 5 rings (SSSR count). The van der Waals surface area contributed by atoms with Gasteiger partial charge in [-0.25, -0.2) is 23.5 Å². The number of fused-ring (bicyclic) bond motifs is 2. The monoisotopic (exact) mass is 556 g/mol. The van der Waals surface area contributed by atoms with Gasteiger partial charge in [0.05, 0.1) is 4.88 Å². The molecule has 0 unspecified atom stereocenters. The number of pyridine rings is 1. The number of thiazole rings is 1. The van der Waals surface area contributed by atoms with E-state index in [1.807, 2.05) is 0 Å². The minimum atomic E-state index is -4.57. The Morgan fingerprint density at radius 1 is 1.11 bits per heavy atom. The van der Waals surface area contributed by atoms with Crippen LogP contribution in [0.3, 0.4) is 0 Å². The summed E-state index contributed by atoms with van der Waals surface area (Å²) in [5.74, 6) is -2.96. The first-order valence-electron chi connectivity index (χ1n) is 11.2. The summed E-state index contributed by atoms with van der Waals surface area (Å²) in [6.07, 6.45) is -2.73. The van der Waals surface area contributed by atoms with Crippen molar-refractivity contribution in [2.75, 3.05) is 5.32 Å². The van der Waals surface area contributed by atoms with Crippen molar-refractivity contribution in [3.05, 3.63) is 28.5 Å². The average Bonchev–Trinajstić information content (AvgIpc) is 3.23. The summed E-state index contributed by atoms with van der Waals surface area (Å²) in [7, 11) is 0. The number of anilines is 1. The zero-order valence-corrected chi connectivity index (χ0v) is 19.0. The number of hydrogen-bond acceptors (Lipinski definition) is 6. The summed E-state index contributed by atoms with van der Waals surface area (Å²) in [5.41, 5.74) is -1.12. The number of rotatable bonds is 7. The number of nitrogens with zero attached hydrogens (tertiary/aromatic N) is 3. The van der Waals surface area contributed by atoms with Crippen LogP contribution in [0.2, 0.25) is 0 Å². The second-order valence-corrected chi connectivity index (χ2v) is 10.1. The molecule has 2 aliphatic heterocycles. The van der Waals surface area contributed by atoms with Gasteiger partial charge in [0.1, 0.15) is 17.6 Å². The average molecular weight is 557 g/mol. The molecule has 4 heterocycles. The molecule has 0 radical (unpaired) electrons. The van der Waals surface area contributed by atoms with E-state index in [1.165, 1.54) is 0 Å². The molecule has 36 heavy (non-hydrogen) atoms. The van der Waals surface area contributed by atoms with Crippen LogP contribution >= 0.6 is 11.3 Å². The Balaban J connectivity index is 0.00000304. The van der Waals surface area contributed by atoms with E-state index < -0.39 is 47.0 Å². The van der Waals surface area contributed by atoms with Gasteiger partial charge in [-0.3, -0.25) is 4.79 Å². The van der Waals surface area contributed by atoms with E-state index in [-0.39, 0.29) is 85.4 Å². The van der Waals surface area contributed by atoms with Crippen molar-refractivity contribution in [3.63, 3.8) is 0 Å². The SMILES string of the molecule is O=C(O)c1nc(C(=O)N2[C@H]3CC[C@@H]2CC3)c(-c2cnc(N[C@@H](C3CC3)C(F)(F)F)cc2C(F)F)s1.[KH]. The van der Waals surface area contributed by atoms with Crippen LogP contribution < -0.4 is 5.32 Å². The van der Waals surface area contributed by atoms with E-state index in [0.717, 1.165) is 37.9 Å². The van der Waals surface area contributed by atoms with Crippen LogP contribution in [0.5, 0.6) is 0 Å². The summed E-state index contributed by atoms with van der Waals surface area (Å²) >= 11 is 0.569. The van der Waals surface area contributed by atoms with Gasteiger partial charge in [-0.15, -0.1) is 11.3 Å². The van der Waals surface area contributed by atoms with Crippen LogP contribution in [0.15, 0.2) is 12.3 Å². The molecule has 2 aromatic heterocycles. The van der Waals surface area contributed by atoms with E-state index in [0.29, 0.717) is 24.2 Å². The van der Waals surface area contributed by atoms with Crippen LogP contribution in [0.25, 0.3) is 10.4 Å². The molecule has 3 aliphatic rings. The zero-order valence-electron chi connectivity index (χ0n) is 18.2. The Morgan fingerprint density at radius 2 is 1.72 bits per heavy atom. The number of amides is 1. The minimum absolute atomic E-state index is 0. The maximum atomic E-state index is 14.1. The Morgan fingerprint density at radius 3 is 2.22 bits per heavy atom. The maximum absolute atomic E-state index is 14.1. The number of nitrogens with one attached hydrogen (secondary N) is 1. The Hall–Kier alpha value is -1.19. The molecular formula is C22H22F5KN4O3S. The van der Waals surface area contributed by atoms with Gasteiger partial charge in [0.15, 0.2) is 0 Å². The zero-order chi connectivity index (χ0) is 25.1. The number of aromatic carboxylic acids is 1. The van der Waals surface area contributed by atoms with Gasteiger partial charge in [0.2, 0.25) is 5.01 Å². The first-order chi connectivity index (χ1) is 16.5. The van der Waals surface area contributed by atoms with Crippen LogP contribution in [-0.2, 0) is 0 Å². The Kier molecular flexibility index (Phi) is 8.13. The van der Waals surface area contributed by atoms with E-state index in [2.05, 4.69) is 15.3 Å². The van der Waals surface area contributed by atoms with Crippen LogP contribution in [0.4, 0.5) is 27.8 Å². The summed E-state index contributed by atoms with van der Waals surface area (Å²) in [6, 6.07) is -1.08. The number of halogens is 5. The number of carbonyl (C=O) groups excluding carboxylic acids is 1. The van der Waals surface area contributed by atoms with Crippen molar-refractivity contribution < 1.29 is 36.6 Å². The predicted octanol–water partition coefficient (Wildman–Crippen LogP) is 4.71. The number of carboxylic acid groups (broad SMARTS) is 1. The van der Waals surface area contributed by atoms with Crippen molar-refractivity contribution in [2.45, 2.75) is 69.3 Å². The topological polar surface area (TPSA) is 95.4 Å². The van der Waals surface area contributed by atoms with Crippen LogP contribution in [0, 0.1) is 5.92 Å². The molecule has 1 atom stereocenters. The van der Waals surface area contributed by atoms with Crippen LogP contribution in [0.1, 0.15) is 70.8 Å². The van der Waals surface area contributed by atoms with Crippen molar-refractivity contribution in [1.82, 2.24) is 14.9 Å². The molecule has 7 nitrogen and oxygen atoms in total. The van der Waals surface area contributed by atoms with Gasteiger partial charge in [-0.2, -0.15) is 13.2 Å². The third-order valence-electron chi connectivity index (χ3n) is 6.87. The summed E-state index contributed by atoms with van der Waals surface area (Å²) in [5, 5.41) is 11.2. The number of alkyl halides is 5. The molecule has 0 aromatic carbocycles. The molecule has 14 heteroatoms. The third kappa shape index (κ3) is 5.34. The molecule has 2 bridgehead atoms. The van der Waals surface area contributed by atoms with Gasteiger partial charge in [0.25, 0.3) is 12.3 Å². The molecule has 2 aromatic rings. The Bertz CT molecular complexity index is 1150. The fourth-order valence-electron chi connectivity index (χ4n) is 5.08. The van der Waals surface area contributed by atoms with Gasteiger partial charge in [0, 0.05) is 29.4 Å². The van der Waals surface area contributed by atoms with E-state index in [1.54, 1.807) is 4.90 Å². The fraction of sp³-hybridized carbons (Fsp3) is 0.545. The van der Waals surface area contributed by atoms with Gasteiger partial charge >= 0.3 is 63.5 Å². The summed E-state index contributed by atoms with van der Waals surface area (Å²) in [4.78, 5) is 34.4. The standard InChI is InChI=1S/C22H21F5N4O3S.K.H/c23-18(24)12-7-14(29-17(9-1-2-9)22(25,26)27)28-8-13(12)16-15(30-19(35-16)21(33)34)20(32)31-10-3-4-11(31)6-5-10;;/h7-11,17-18H,1-6H2,(H,28,29)(H,33,34);;/t10-,11+,17-;;/m0../s1. The molecule has 190 valence electrons. The second-order valence-electron chi connectivity index (χ2n) is 9.14. The molecule has 0 spiro atoms. The third-order valence-corrected chi connectivity index (χ3v) is 7.94. The quantitative estimate of drug-likeness (QED) is 0.379. The molecule has 3 fully saturated rings. The van der Waals surface area contributed by atoms with Crippen molar-refractivity contribution in [2.24, 2.45) is 5.92 Å². The number of hydrogen-bond donors (Lipinski definition) is 2. The Labute approximate surface area is 249 Å². The predicted molar refractivity (Wildman–Crippen MR) is 123 cm³/mol. The summed E-state index contributed by atoms with van der Waals surface area (Å²) in [6.45, 7) is 0. The van der Waals surface area contributed by atoms with Crippen molar-refractivity contribution >= 4 is 80.4 Å². The normalized spacial score (nSPS) is 22.0. The first kappa shape index (κ1) is 27.8. The van der Waals surface area contributed by atoms with E-state index >= 15 is 0 Å². The van der Waals surface area contributed by atoms with Gasteiger partial charge < -0.3 is 15.3 Å². The van der Waals surface area contributed by atoms with Crippen LogP contribution in [-0.4, -0.2) is 108 Å². The summed E-state index contributed by atoms with van der Waals surface area (Å²) < 4.78 is 68.3. The van der Waals surface area contributed by atoms with Gasteiger partial charge in [-0.05, 0) is 50.5 Å². The van der Waals surface area contributed by atoms with E-state index in [9.17, 15) is 36.6 Å².